The molecule has 17 heavy (non-hydrogen) atoms. The van der Waals surface area contributed by atoms with Gasteiger partial charge < -0.3 is 10.2 Å². The normalized spacial score (nSPS) is 16.2. The van der Waals surface area contributed by atoms with Crippen LogP contribution in [0.15, 0.2) is 0 Å². The molecule has 0 spiro atoms. The lowest BCUT2D eigenvalue weighted by Gasteiger charge is -2.26. The van der Waals surface area contributed by atoms with Gasteiger partial charge in [0.05, 0.1) is 5.92 Å². The first-order chi connectivity index (χ1) is 7.90. The Balaban J connectivity index is 4.58. The van der Waals surface area contributed by atoms with Crippen molar-refractivity contribution in [2.45, 2.75) is 51.2 Å². The topological polar surface area (TPSA) is 74.6 Å². The molecule has 3 atom stereocenters. The number of hydrogen-bond acceptors (Lipinski definition) is 3. The van der Waals surface area contributed by atoms with Crippen molar-refractivity contribution in [2.24, 2.45) is 11.8 Å². The Hall–Kier alpha value is -0.710. The lowest BCUT2D eigenvalue weighted by molar-refractivity contribution is -0.145. The van der Waals surface area contributed by atoms with Gasteiger partial charge in [-0.05, 0) is 18.8 Å². The summed E-state index contributed by atoms with van der Waals surface area (Å²) < 4.78 is 0. The van der Waals surface area contributed by atoms with Crippen molar-refractivity contribution in [3.8, 4) is 0 Å². The van der Waals surface area contributed by atoms with Gasteiger partial charge in [0.1, 0.15) is 0 Å². The van der Waals surface area contributed by atoms with E-state index in [9.17, 15) is 14.7 Å². The third-order valence-corrected chi connectivity index (χ3v) is 3.40. The molecule has 0 saturated carbocycles. The van der Waals surface area contributed by atoms with Gasteiger partial charge in [0.2, 0.25) is 0 Å². The Morgan fingerprint density at radius 3 is 2.18 bits per heavy atom. The van der Waals surface area contributed by atoms with Crippen molar-refractivity contribution < 1.29 is 19.8 Å². The van der Waals surface area contributed by atoms with Gasteiger partial charge >= 0.3 is 11.9 Å². The fourth-order valence-electron chi connectivity index (χ4n) is 2.02. The average molecular weight is 262 g/mol. The van der Waals surface area contributed by atoms with E-state index in [2.05, 4.69) is 12.6 Å². The van der Waals surface area contributed by atoms with Crippen LogP contribution in [0.2, 0.25) is 0 Å². The molecule has 0 bridgehead atoms. The van der Waals surface area contributed by atoms with Crippen molar-refractivity contribution in [3.05, 3.63) is 0 Å². The van der Waals surface area contributed by atoms with E-state index in [1.807, 2.05) is 13.8 Å². The molecule has 0 aromatic carbocycles. The van der Waals surface area contributed by atoms with E-state index in [4.69, 9.17) is 5.11 Å². The molecule has 0 aliphatic rings. The Kier molecular flexibility index (Phi) is 8.04. The van der Waals surface area contributed by atoms with Crippen LogP contribution in [0.3, 0.4) is 0 Å². The zero-order valence-electron chi connectivity index (χ0n) is 10.4. The molecule has 0 fully saturated rings. The zero-order chi connectivity index (χ0) is 13.4. The van der Waals surface area contributed by atoms with Crippen LogP contribution in [0.25, 0.3) is 0 Å². The summed E-state index contributed by atoms with van der Waals surface area (Å²) in [6.07, 6.45) is 2.83. The molecule has 0 rings (SSSR count). The fourth-order valence-corrected chi connectivity index (χ4v) is 2.37. The Morgan fingerprint density at radius 1 is 1.24 bits per heavy atom. The largest absolute Gasteiger partial charge is 0.481 e. The summed E-state index contributed by atoms with van der Waals surface area (Å²) >= 11 is 4.33. The smallest absolute Gasteiger partial charge is 0.306 e. The monoisotopic (exact) mass is 262 g/mol. The number of thiol groups is 1. The van der Waals surface area contributed by atoms with Crippen LogP contribution in [-0.2, 0) is 9.59 Å². The van der Waals surface area contributed by atoms with Crippen LogP contribution in [0.4, 0.5) is 0 Å². The number of carboxylic acids is 2. The highest BCUT2D eigenvalue weighted by Crippen LogP contribution is 2.29. The van der Waals surface area contributed by atoms with E-state index < -0.39 is 17.9 Å². The first-order valence-electron chi connectivity index (χ1n) is 6.02. The second kappa shape index (κ2) is 8.39. The molecule has 0 aliphatic heterocycles. The van der Waals surface area contributed by atoms with E-state index in [-0.39, 0.29) is 24.0 Å². The molecule has 3 unspecified atom stereocenters. The molecule has 0 aromatic rings. The Bertz CT molecular complexity index is 253. The second-order valence-corrected chi connectivity index (χ2v) is 5.24. The number of aliphatic carboxylic acids is 2. The van der Waals surface area contributed by atoms with Crippen LogP contribution >= 0.6 is 12.6 Å². The van der Waals surface area contributed by atoms with Crippen molar-refractivity contribution in [1.82, 2.24) is 0 Å². The quantitative estimate of drug-likeness (QED) is 0.558. The van der Waals surface area contributed by atoms with E-state index in [1.165, 1.54) is 0 Å². The summed E-state index contributed by atoms with van der Waals surface area (Å²) in [4.78, 5) is 21.7. The summed E-state index contributed by atoms with van der Waals surface area (Å²) in [5, 5.41) is 17.8. The number of carbonyl (C=O) groups is 2. The van der Waals surface area contributed by atoms with E-state index in [0.29, 0.717) is 0 Å². The van der Waals surface area contributed by atoms with E-state index in [1.54, 1.807) is 0 Å². The molecule has 5 heteroatoms. The summed E-state index contributed by atoms with van der Waals surface area (Å²) in [5.74, 6) is -2.52. The van der Waals surface area contributed by atoms with Crippen molar-refractivity contribution >= 4 is 24.6 Å². The summed E-state index contributed by atoms with van der Waals surface area (Å²) in [5.41, 5.74) is 0. The predicted octanol–water partition coefficient (Wildman–Crippen LogP) is 2.68. The van der Waals surface area contributed by atoms with Gasteiger partial charge in [0.15, 0.2) is 0 Å². The number of rotatable bonds is 9. The molecule has 0 aromatic heterocycles. The highest BCUT2D eigenvalue weighted by molar-refractivity contribution is 7.80. The predicted molar refractivity (Wildman–Crippen MR) is 69.5 cm³/mol. The molecule has 0 radical (unpaired) electrons. The van der Waals surface area contributed by atoms with Crippen molar-refractivity contribution in [1.29, 1.82) is 0 Å². The number of unbranched alkanes of at least 4 members (excludes halogenated alkanes) is 1. The van der Waals surface area contributed by atoms with E-state index >= 15 is 0 Å². The first kappa shape index (κ1) is 16.3. The van der Waals surface area contributed by atoms with Gasteiger partial charge in [0.25, 0.3) is 0 Å². The summed E-state index contributed by atoms with van der Waals surface area (Å²) in [6.45, 7) is 3.92. The van der Waals surface area contributed by atoms with Gasteiger partial charge in [-0.2, -0.15) is 12.6 Å². The molecule has 0 heterocycles. The molecule has 0 saturated heterocycles. The number of carboxylic acid groups (broad SMARTS) is 2. The van der Waals surface area contributed by atoms with Crippen LogP contribution in [0, 0.1) is 11.8 Å². The van der Waals surface area contributed by atoms with Crippen LogP contribution in [0.1, 0.15) is 46.0 Å². The second-order valence-electron chi connectivity index (χ2n) is 4.42. The molecule has 4 nitrogen and oxygen atoms in total. The maximum Gasteiger partial charge on any atom is 0.306 e. The molecular weight excluding hydrogens is 240 g/mol. The summed E-state index contributed by atoms with van der Waals surface area (Å²) in [6, 6.07) is 0. The first-order valence-corrected chi connectivity index (χ1v) is 6.54. The molecule has 2 N–H and O–H groups in total. The zero-order valence-corrected chi connectivity index (χ0v) is 11.3. The van der Waals surface area contributed by atoms with E-state index in [0.717, 1.165) is 19.3 Å². The van der Waals surface area contributed by atoms with Crippen molar-refractivity contribution in [2.75, 3.05) is 0 Å². The van der Waals surface area contributed by atoms with Crippen LogP contribution in [-0.4, -0.2) is 27.4 Å². The highest BCUT2D eigenvalue weighted by atomic mass is 32.1. The summed E-state index contributed by atoms with van der Waals surface area (Å²) in [7, 11) is 0. The average Bonchev–Trinajstić information content (AvgIpc) is 2.21. The molecule has 0 aliphatic carbocycles. The van der Waals surface area contributed by atoms with Gasteiger partial charge in [0, 0.05) is 11.7 Å². The Morgan fingerprint density at radius 2 is 1.82 bits per heavy atom. The standard InChI is InChI=1S/C12H22O4S/c1-3-4-5-9(8(2)17)10(12(15)16)6-7-11(13)14/h8-10,17H,3-7H2,1-2H3,(H,13,14)(H,15,16). The van der Waals surface area contributed by atoms with Crippen molar-refractivity contribution in [3.63, 3.8) is 0 Å². The van der Waals surface area contributed by atoms with Crippen LogP contribution in [0.5, 0.6) is 0 Å². The van der Waals surface area contributed by atoms with Gasteiger partial charge in [-0.3, -0.25) is 9.59 Å². The Labute approximate surface area is 108 Å². The minimum Gasteiger partial charge on any atom is -0.481 e. The number of hydrogen-bond donors (Lipinski definition) is 3. The molecule has 100 valence electrons. The van der Waals surface area contributed by atoms with Gasteiger partial charge in [-0.1, -0.05) is 26.7 Å². The fraction of sp³-hybridized carbons (Fsp3) is 0.833. The highest BCUT2D eigenvalue weighted by Gasteiger charge is 2.30. The minimum atomic E-state index is -0.947. The van der Waals surface area contributed by atoms with Crippen LogP contribution < -0.4 is 0 Å². The lowest BCUT2D eigenvalue weighted by Crippen LogP contribution is -2.29. The lowest BCUT2D eigenvalue weighted by atomic mass is 9.82. The third kappa shape index (κ3) is 6.56. The maximum absolute atomic E-state index is 11.2. The molecular formula is C12H22O4S. The minimum absolute atomic E-state index is 0.0311. The van der Waals surface area contributed by atoms with Gasteiger partial charge in [-0.15, -0.1) is 0 Å². The van der Waals surface area contributed by atoms with Gasteiger partial charge in [-0.25, -0.2) is 0 Å². The third-order valence-electron chi connectivity index (χ3n) is 3.01. The maximum atomic E-state index is 11.2. The SMILES string of the molecule is CCCCC(C(C)S)C(CCC(=O)O)C(=O)O. The molecule has 0 amide bonds.